The molecule has 0 N–H and O–H groups in total. The van der Waals surface area contributed by atoms with Gasteiger partial charge in [0.25, 0.3) is 0 Å². The normalized spacial score (nSPS) is 12.8. The van der Waals surface area contributed by atoms with Crippen LogP contribution in [0.1, 0.15) is 60.8 Å². The predicted octanol–water partition coefficient (Wildman–Crippen LogP) is -0.653. The topological polar surface area (TPSA) is 120 Å². The molecule has 0 bridgehead atoms. The van der Waals surface area contributed by atoms with Crippen LogP contribution < -0.4 is 15.3 Å². The number of aliphatic carboxylic acids is 3. The molecule has 0 aromatic heterocycles. The van der Waals surface area contributed by atoms with Crippen LogP contribution in [0.25, 0.3) is 0 Å². The van der Waals surface area contributed by atoms with Crippen molar-refractivity contribution in [2.24, 2.45) is 17.8 Å². The van der Waals surface area contributed by atoms with E-state index in [0.29, 0.717) is 19.3 Å². The second-order valence-electron chi connectivity index (χ2n) is 4.88. The Morgan fingerprint density at radius 1 is 0.636 bits per heavy atom. The van der Waals surface area contributed by atoms with Crippen LogP contribution in [-0.2, 0) is 14.4 Å². The number of carboxylic acids is 3. The molecule has 3 atom stereocenters. The van der Waals surface area contributed by atoms with Gasteiger partial charge in [-0.15, -0.1) is 0 Å². The SMILES string of the molecule is CCC(C)C(=O)[O-].CCC(C)C(=O)[O-].CCC(C)C(=O)[O-].[Tb+3]. The van der Waals surface area contributed by atoms with Gasteiger partial charge in [0.2, 0.25) is 0 Å². The molecule has 0 fully saturated rings. The molecule has 0 aliphatic rings. The molecule has 0 spiro atoms. The summed E-state index contributed by atoms with van der Waals surface area (Å²) in [5.74, 6) is -3.74. The van der Waals surface area contributed by atoms with E-state index < -0.39 is 17.9 Å². The van der Waals surface area contributed by atoms with Crippen LogP contribution in [0.15, 0.2) is 0 Å². The molecular weight excluding hydrogens is 435 g/mol. The maximum absolute atomic E-state index is 9.82. The van der Waals surface area contributed by atoms with Crippen molar-refractivity contribution in [2.75, 3.05) is 0 Å². The first-order valence-corrected chi connectivity index (χ1v) is 7.17. The van der Waals surface area contributed by atoms with Gasteiger partial charge in [-0.2, -0.15) is 0 Å². The molecule has 6 nitrogen and oxygen atoms in total. The van der Waals surface area contributed by atoms with Gasteiger partial charge >= 0.3 is 38.6 Å². The Bertz CT molecular complexity index is 259. The number of hydrogen-bond donors (Lipinski definition) is 0. The average Bonchev–Trinajstić information content (AvgIpc) is 2.45. The largest absolute Gasteiger partial charge is 3.00 e. The van der Waals surface area contributed by atoms with E-state index in [2.05, 4.69) is 0 Å². The van der Waals surface area contributed by atoms with Crippen molar-refractivity contribution in [1.29, 1.82) is 0 Å². The van der Waals surface area contributed by atoms with Crippen LogP contribution in [0.2, 0.25) is 0 Å². The molecule has 22 heavy (non-hydrogen) atoms. The van der Waals surface area contributed by atoms with Gasteiger partial charge in [-0.3, -0.25) is 0 Å². The van der Waals surface area contributed by atoms with E-state index in [-0.39, 0.29) is 56.4 Å². The van der Waals surface area contributed by atoms with Gasteiger partial charge in [-0.25, -0.2) is 0 Å². The van der Waals surface area contributed by atoms with Crippen molar-refractivity contribution >= 4 is 17.9 Å². The summed E-state index contributed by atoms with van der Waals surface area (Å²) in [6.45, 7) is 10.4. The summed E-state index contributed by atoms with van der Waals surface area (Å²) < 4.78 is 0. The van der Waals surface area contributed by atoms with Gasteiger partial charge in [0.05, 0.1) is 0 Å². The van der Waals surface area contributed by atoms with Gasteiger partial charge in [0.1, 0.15) is 0 Å². The van der Waals surface area contributed by atoms with Gasteiger partial charge in [0, 0.05) is 17.9 Å². The minimum Gasteiger partial charge on any atom is -0.550 e. The van der Waals surface area contributed by atoms with Crippen LogP contribution in [0.5, 0.6) is 0 Å². The van der Waals surface area contributed by atoms with E-state index in [1.54, 1.807) is 20.8 Å². The van der Waals surface area contributed by atoms with Crippen molar-refractivity contribution in [1.82, 2.24) is 0 Å². The number of carbonyl (C=O) groups excluding carboxylic acids is 3. The van der Waals surface area contributed by atoms with Gasteiger partial charge < -0.3 is 29.7 Å². The molecule has 7 heteroatoms. The molecule has 0 amide bonds. The van der Waals surface area contributed by atoms with Crippen molar-refractivity contribution in [2.45, 2.75) is 60.8 Å². The third-order valence-corrected chi connectivity index (χ3v) is 3.04. The van der Waals surface area contributed by atoms with E-state index in [1.807, 2.05) is 20.8 Å². The maximum atomic E-state index is 9.82. The smallest absolute Gasteiger partial charge is 0.550 e. The Kier molecular flexibility index (Phi) is 25.3. The summed E-state index contributed by atoms with van der Waals surface area (Å²) in [5, 5.41) is 29.5. The average molecular weight is 462 g/mol. The second kappa shape index (κ2) is 18.7. The fourth-order valence-corrected chi connectivity index (χ4v) is 0.500. The summed E-state index contributed by atoms with van der Waals surface area (Å²) in [6, 6.07) is 0. The second-order valence-corrected chi connectivity index (χ2v) is 4.88. The summed E-state index contributed by atoms with van der Waals surface area (Å²) >= 11 is 0. The van der Waals surface area contributed by atoms with Crippen molar-refractivity contribution in [3.63, 3.8) is 0 Å². The van der Waals surface area contributed by atoms with E-state index in [1.165, 1.54) is 0 Å². The van der Waals surface area contributed by atoms with Crippen LogP contribution in [0.4, 0.5) is 0 Å². The third kappa shape index (κ3) is 22.0. The number of rotatable bonds is 6. The molecule has 0 saturated carbocycles. The fraction of sp³-hybridized carbons (Fsp3) is 0.800. The first-order chi connectivity index (χ1) is 9.54. The summed E-state index contributed by atoms with van der Waals surface area (Å²) in [5.41, 5.74) is 0. The zero-order chi connectivity index (χ0) is 17.6. The van der Waals surface area contributed by atoms with Gasteiger partial charge in [0.15, 0.2) is 0 Å². The van der Waals surface area contributed by atoms with Crippen LogP contribution in [0.3, 0.4) is 0 Å². The van der Waals surface area contributed by atoms with Gasteiger partial charge in [-0.05, 0) is 37.0 Å². The molecule has 132 valence electrons. The number of carbonyl (C=O) groups is 3. The van der Waals surface area contributed by atoms with Crippen molar-refractivity contribution in [3.05, 3.63) is 0 Å². The minimum atomic E-state index is -0.956. The molecule has 0 aromatic rings. The summed E-state index contributed by atoms with van der Waals surface area (Å²) in [4.78, 5) is 29.5. The zero-order valence-corrected chi connectivity index (χ0v) is 16.3. The van der Waals surface area contributed by atoms with Gasteiger partial charge in [-0.1, -0.05) is 41.5 Å². The van der Waals surface area contributed by atoms with Crippen LogP contribution >= 0.6 is 0 Å². The molecule has 0 saturated heterocycles. The first kappa shape index (κ1) is 29.7. The molecule has 0 aliphatic carbocycles. The standard InChI is InChI=1S/3C5H10O2.Tb/c3*1-3-4(2)5(6)7;/h3*4H,3H2,1-2H3,(H,6,7);/q;;;+3/p-3. The monoisotopic (exact) mass is 462 g/mol. The minimum absolute atomic E-state index is 0. The molecule has 3 unspecified atom stereocenters. The molecule has 0 heterocycles. The van der Waals surface area contributed by atoms with E-state index in [9.17, 15) is 29.7 Å². The summed E-state index contributed by atoms with van der Waals surface area (Å²) in [7, 11) is 0. The Labute approximate surface area is 164 Å². The van der Waals surface area contributed by atoms with Crippen LogP contribution in [-0.4, -0.2) is 17.9 Å². The van der Waals surface area contributed by atoms with E-state index in [0.717, 1.165) is 0 Å². The van der Waals surface area contributed by atoms with Crippen molar-refractivity contribution < 1.29 is 68.3 Å². The fourth-order valence-electron chi connectivity index (χ4n) is 0.500. The quantitative estimate of drug-likeness (QED) is 0.517. The molecular formula is C15H27O6Tb. The maximum Gasteiger partial charge on any atom is 3.00 e. The van der Waals surface area contributed by atoms with E-state index in [4.69, 9.17) is 0 Å². The molecule has 0 rings (SSSR count). The van der Waals surface area contributed by atoms with Crippen molar-refractivity contribution in [3.8, 4) is 0 Å². The first-order valence-electron chi connectivity index (χ1n) is 7.17. The Hall–Kier alpha value is -0.304. The third-order valence-electron chi connectivity index (χ3n) is 3.04. The zero-order valence-electron chi connectivity index (χ0n) is 14.1. The number of hydrogen-bond acceptors (Lipinski definition) is 6. The Morgan fingerprint density at radius 3 is 0.773 bits per heavy atom. The number of carboxylic acid groups (broad SMARTS) is 3. The Balaban J connectivity index is -0.000000108. The van der Waals surface area contributed by atoms with E-state index >= 15 is 0 Å². The van der Waals surface area contributed by atoms with Crippen LogP contribution in [0, 0.1) is 56.4 Å². The Morgan fingerprint density at radius 2 is 0.773 bits per heavy atom. The molecule has 0 aliphatic heterocycles. The summed E-state index contributed by atoms with van der Waals surface area (Å²) in [6.07, 6.45) is 1.97. The molecule has 0 radical (unpaired) electrons. The predicted molar refractivity (Wildman–Crippen MR) is 73.4 cm³/mol. The molecule has 0 aromatic carbocycles.